The lowest BCUT2D eigenvalue weighted by molar-refractivity contribution is -0.218. The van der Waals surface area contributed by atoms with Crippen LogP contribution in [0.2, 0.25) is 0 Å². The molecule has 156 valence electrons. The third-order valence-corrected chi connectivity index (χ3v) is 7.37. The zero-order valence-electron chi connectivity index (χ0n) is 17.0. The molecule has 0 bridgehead atoms. The lowest BCUT2D eigenvalue weighted by Crippen LogP contribution is -2.38. The van der Waals surface area contributed by atoms with E-state index in [9.17, 15) is 8.78 Å². The van der Waals surface area contributed by atoms with Crippen molar-refractivity contribution in [1.82, 2.24) is 0 Å². The molecule has 0 unspecified atom stereocenters. The SMILES string of the molecule is CC1CCC(c2ccc(C3COC(C4CCC(CF)CC4)OC3)c(F)c2)CC1. The highest BCUT2D eigenvalue weighted by atomic mass is 19.1. The maximum atomic E-state index is 14.9. The van der Waals surface area contributed by atoms with Gasteiger partial charge in [0.15, 0.2) is 6.29 Å². The number of benzene rings is 1. The van der Waals surface area contributed by atoms with Crippen molar-refractivity contribution in [2.45, 2.75) is 76.4 Å². The fourth-order valence-corrected chi connectivity index (χ4v) is 5.31. The van der Waals surface area contributed by atoms with Crippen LogP contribution in [0, 0.1) is 23.6 Å². The molecule has 1 aliphatic heterocycles. The zero-order chi connectivity index (χ0) is 19.5. The molecule has 3 fully saturated rings. The highest BCUT2D eigenvalue weighted by Crippen LogP contribution is 2.38. The highest BCUT2D eigenvalue weighted by Gasteiger charge is 2.33. The van der Waals surface area contributed by atoms with Crippen molar-refractivity contribution >= 4 is 0 Å². The Morgan fingerprint density at radius 2 is 1.57 bits per heavy atom. The van der Waals surface area contributed by atoms with Gasteiger partial charge in [-0.3, -0.25) is 4.39 Å². The van der Waals surface area contributed by atoms with E-state index >= 15 is 0 Å². The van der Waals surface area contributed by atoms with Crippen molar-refractivity contribution in [2.75, 3.05) is 19.9 Å². The van der Waals surface area contributed by atoms with E-state index < -0.39 is 0 Å². The standard InChI is InChI=1S/C24H34F2O2/c1-16-2-6-18(7-3-16)20-10-11-22(23(26)12-20)21-14-27-24(28-15-21)19-8-4-17(13-25)5-9-19/h10-12,16-19,21,24H,2-9,13-15H2,1H3. The van der Waals surface area contributed by atoms with E-state index in [-0.39, 0.29) is 30.6 Å². The quantitative estimate of drug-likeness (QED) is 0.594. The molecule has 1 saturated heterocycles. The van der Waals surface area contributed by atoms with E-state index in [1.807, 2.05) is 6.07 Å². The summed E-state index contributed by atoms with van der Waals surface area (Å²) < 4.78 is 39.6. The second-order valence-electron chi connectivity index (χ2n) is 9.40. The monoisotopic (exact) mass is 392 g/mol. The predicted molar refractivity (Wildman–Crippen MR) is 107 cm³/mol. The summed E-state index contributed by atoms with van der Waals surface area (Å²) in [6.07, 6.45) is 8.39. The van der Waals surface area contributed by atoms with Gasteiger partial charge in [-0.25, -0.2) is 4.39 Å². The first-order valence-electron chi connectivity index (χ1n) is 11.2. The Morgan fingerprint density at radius 3 is 2.18 bits per heavy atom. The summed E-state index contributed by atoms with van der Waals surface area (Å²) in [6, 6.07) is 5.82. The fourth-order valence-electron chi connectivity index (χ4n) is 5.31. The summed E-state index contributed by atoms with van der Waals surface area (Å²) in [5.74, 6) is 1.71. The molecule has 0 N–H and O–H groups in total. The van der Waals surface area contributed by atoms with Crippen LogP contribution in [0.15, 0.2) is 18.2 Å². The first-order chi connectivity index (χ1) is 13.6. The number of hydrogen-bond donors (Lipinski definition) is 0. The van der Waals surface area contributed by atoms with Gasteiger partial charge in [-0.2, -0.15) is 0 Å². The van der Waals surface area contributed by atoms with E-state index in [1.165, 1.54) is 25.7 Å². The maximum absolute atomic E-state index is 14.9. The van der Waals surface area contributed by atoms with Crippen molar-refractivity contribution in [3.05, 3.63) is 35.1 Å². The molecule has 28 heavy (non-hydrogen) atoms. The largest absolute Gasteiger partial charge is 0.352 e. The van der Waals surface area contributed by atoms with Crippen LogP contribution in [0.1, 0.15) is 81.3 Å². The van der Waals surface area contributed by atoms with Gasteiger partial charge in [-0.1, -0.05) is 31.9 Å². The fraction of sp³-hybridized carbons (Fsp3) is 0.750. The van der Waals surface area contributed by atoms with Gasteiger partial charge in [0.05, 0.1) is 19.9 Å². The third-order valence-electron chi connectivity index (χ3n) is 7.37. The molecule has 0 spiro atoms. The zero-order valence-corrected chi connectivity index (χ0v) is 17.0. The third kappa shape index (κ3) is 4.59. The van der Waals surface area contributed by atoms with Gasteiger partial charge in [-0.05, 0) is 73.5 Å². The van der Waals surface area contributed by atoms with Crippen molar-refractivity contribution in [3.8, 4) is 0 Å². The Kier molecular flexibility index (Phi) is 6.67. The molecular formula is C24H34F2O2. The lowest BCUT2D eigenvalue weighted by atomic mass is 9.79. The van der Waals surface area contributed by atoms with Gasteiger partial charge in [0.25, 0.3) is 0 Å². The van der Waals surface area contributed by atoms with Crippen LogP contribution >= 0.6 is 0 Å². The molecule has 4 rings (SSSR count). The Hall–Kier alpha value is -1.00. The smallest absolute Gasteiger partial charge is 0.160 e. The van der Waals surface area contributed by atoms with E-state index in [0.717, 1.165) is 37.2 Å². The molecule has 0 aromatic heterocycles. The van der Waals surface area contributed by atoms with E-state index in [4.69, 9.17) is 9.47 Å². The van der Waals surface area contributed by atoms with Crippen LogP contribution in [0.5, 0.6) is 0 Å². The van der Waals surface area contributed by atoms with Gasteiger partial charge >= 0.3 is 0 Å². The minimum atomic E-state index is -0.212. The summed E-state index contributed by atoms with van der Waals surface area (Å²) in [5, 5.41) is 0. The molecule has 0 atom stereocenters. The van der Waals surface area contributed by atoms with E-state index in [2.05, 4.69) is 13.0 Å². The van der Waals surface area contributed by atoms with Gasteiger partial charge < -0.3 is 9.47 Å². The first-order valence-corrected chi connectivity index (χ1v) is 11.2. The van der Waals surface area contributed by atoms with Gasteiger partial charge in [-0.15, -0.1) is 0 Å². The molecule has 1 aromatic carbocycles. The summed E-state index contributed by atoms with van der Waals surface area (Å²) >= 11 is 0. The number of hydrogen-bond acceptors (Lipinski definition) is 2. The van der Waals surface area contributed by atoms with Crippen molar-refractivity contribution in [3.63, 3.8) is 0 Å². The first kappa shape index (κ1) is 20.3. The molecule has 2 saturated carbocycles. The van der Waals surface area contributed by atoms with Gasteiger partial charge in [0.2, 0.25) is 0 Å². The second kappa shape index (κ2) is 9.21. The van der Waals surface area contributed by atoms with Crippen molar-refractivity contribution in [1.29, 1.82) is 0 Å². The summed E-state index contributed by atoms with van der Waals surface area (Å²) in [6.45, 7) is 3.11. The number of halogens is 2. The number of rotatable bonds is 4. The molecule has 1 heterocycles. The van der Waals surface area contributed by atoms with Crippen molar-refractivity contribution in [2.24, 2.45) is 17.8 Å². The minimum Gasteiger partial charge on any atom is -0.352 e. The molecular weight excluding hydrogens is 358 g/mol. The minimum absolute atomic E-state index is 0.0427. The molecule has 2 nitrogen and oxygen atoms in total. The topological polar surface area (TPSA) is 18.5 Å². The van der Waals surface area contributed by atoms with Crippen LogP contribution in [-0.4, -0.2) is 26.2 Å². The molecule has 0 amide bonds. The normalized spacial score (nSPS) is 37.0. The van der Waals surface area contributed by atoms with Gasteiger partial charge in [0.1, 0.15) is 5.82 Å². The van der Waals surface area contributed by atoms with Crippen LogP contribution in [0.4, 0.5) is 8.78 Å². The van der Waals surface area contributed by atoms with Crippen molar-refractivity contribution < 1.29 is 18.3 Å². The van der Waals surface area contributed by atoms with Gasteiger partial charge in [0, 0.05) is 11.8 Å². The molecule has 1 aromatic rings. The maximum Gasteiger partial charge on any atom is 0.160 e. The Labute approximate surface area is 168 Å². The van der Waals surface area contributed by atoms with Crippen LogP contribution < -0.4 is 0 Å². The molecule has 4 heteroatoms. The average molecular weight is 393 g/mol. The predicted octanol–water partition coefficient (Wildman–Crippen LogP) is 6.35. The highest BCUT2D eigenvalue weighted by molar-refractivity contribution is 5.30. The summed E-state index contributed by atoms with van der Waals surface area (Å²) in [5.41, 5.74) is 1.86. The summed E-state index contributed by atoms with van der Waals surface area (Å²) in [4.78, 5) is 0. The Morgan fingerprint density at radius 1 is 0.893 bits per heavy atom. The molecule has 3 aliphatic rings. The Balaban J connectivity index is 1.32. The molecule has 2 aliphatic carbocycles. The lowest BCUT2D eigenvalue weighted by Gasteiger charge is -2.37. The average Bonchev–Trinajstić information content (AvgIpc) is 2.74. The Bertz CT molecular complexity index is 625. The van der Waals surface area contributed by atoms with Crippen LogP contribution in [0.3, 0.4) is 0 Å². The number of alkyl halides is 1. The van der Waals surface area contributed by atoms with Crippen LogP contribution in [0.25, 0.3) is 0 Å². The summed E-state index contributed by atoms with van der Waals surface area (Å²) in [7, 11) is 0. The van der Waals surface area contributed by atoms with E-state index in [1.54, 1.807) is 6.07 Å². The van der Waals surface area contributed by atoms with E-state index in [0.29, 0.717) is 30.6 Å². The molecule has 0 radical (unpaired) electrons. The number of ether oxygens (including phenoxy) is 2. The van der Waals surface area contributed by atoms with Crippen LogP contribution in [-0.2, 0) is 9.47 Å². The second-order valence-corrected chi connectivity index (χ2v) is 9.40.